The number of methoxy groups -OCH3 is 1. The number of likely N-dealkylation sites (N-methyl/N-ethyl adjacent to an activating group) is 1. The molecule has 0 radical (unpaired) electrons. The molecular formula is C25H25N3O3. The van der Waals surface area contributed by atoms with Gasteiger partial charge < -0.3 is 19.5 Å². The summed E-state index contributed by atoms with van der Waals surface area (Å²) in [5.74, 6) is 2.74. The summed E-state index contributed by atoms with van der Waals surface area (Å²) < 4.78 is 7.31. The minimum Gasteiger partial charge on any atom is -0.497 e. The molecule has 0 bridgehead atoms. The van der Waals surface area contributed by atoms with Crippen molar-refractivity contribution in [3.63, 3.8) is 0 Å². The zero-order valence-corrected chi connectivity index (χ0v) is 18.1. The highest BCUT2D eigenvalue weighted by Gasteiger charge is 2.21. The van der Waals surface area contributed by atoms with Gasteiger partial charge in [0.2, 0.25) is 5.91 Å². The standard InChI is InChI=1S/C25H25N3O3/c1-6-19-9-7-10-20(14-19)26-24(29)16-27(4)25(30)23-13-17(2)28(18(23)3)21-11-8-12-22(15-21)31-5/h1,7-15H,16H2,2-5H3,(H,26,29). The van der Waals surface area contributed by atoms with Crippen LogP contribution in [-0.2, 0) is 4.79 Å². The van der Waals surface area contributed by atoms with E-state index in [4.69, 9.17) is 11.2 Å². The maximum Gasteiger partial charge on any atom is 0.255 e. The molecule has 0 atom stereocenters. The summed E-state index contributed by atoms with van der Waals surface area (Å²) in [5.41, 5.74) is 4.43. The topological polar surface area (TPSA) is 63.6 Å². The fourth-order valence-electron chi connectivity index (χ4n) is 3.51. The van der Waals surface area contributed by atoms with E-state index in [9.17, 15) is 9.59 Å². The number of aromatic nitrogens is 1. The molecule has 1 aromatic heterocycles. The van der Waals surface area contributed by atoms with Gasteiger partial charge in [-0.3, -0.25) is 9.59 Å². The predicted molar refractivity (Wildman–Crippen MR) is 122 cm³/mol. The van der Waals surface area contributed by atoms with Crippen molar-refractivity contribution in [1.29, 1.82) is 0 Å². The van der Waals surface area contributed by atoms with Crippen molar-refractivity contribution >= 4 is 17.5 Å². The Morgan fingerprint density at radius 2 is 1.87 bits per heavy atom. The third-order valence-electron chi connectivity index (χ3n) is 5.01. The fraction of sp³-hybridized carbons (Fsp3) is 0.200. The Balaban J connectivity index is 1.76. The van der Waals surface area contributed by atoms with Gasteiger partial charge in [0.1, 0.15) is 5.75 Å². The Kier molecular flexibility index (Phi) is 6.46. The lowest BCUT2D eigenvalue weighted by atomic mass is 10.2. The molecule has 0 saturated heterocycles. The number of aryl methyl sites for hydroxylation is 1. The summed E-state index contributed by atoms with van der Waals surface area (Å²) in [5, 5.41) is 2.78. The molecule has 0 spiro atoms. The summed E-state index contributed by atoms with van der Waals surface area (Å²) in [7, 11) is 3.23. The zero-order chi connectivity index (χ0) is 22.5. The van der Waals surface area contributed by atoms with E-state index in [1.54, 1.807) is 38.4 Å². The van der Waals surface area contributed by atoms with Gasteiger partial charge in [-0.15, -0.1) is 6.42 Å². The molecule has 0 aliphatic carbocycles. The van der Waals surface area contributed by atoms with Gasteiger partial charge in [-0.2, -0.15) is 0 Å². The van der Waals surface area contributed by atoms with Crippen LogP contribution in [-0.4, -0.2) is 42.0 Å². The number of terminal acetylenes is 1. The first-order valence-corrected chi connectivity index (χ1v) is 9.79. The van der Waals surface area contributed by atoms with Crippen molar-refractivity contribution in [3.05, 3.63) is 77.1 Å². The largest absolute Gasteiger partial charge is 0.497 e. The Labute approximate surface area is 182 Å². The number of nitrogens with zero attached hydrogens (tertiary/aromatic N) is 2. The number of rotatable bonds is 6. The molecule has 31 heavy (non-hydrogen) atoms. The van der Waals surface area contributed by atoms with Crippen molar-refractivity contribution in [2.24, 2.45) is 0 Å². The first-order valence-electron chi connectivity index (χ1n) is 9.79. The fourth-order valence-corrected chi connectivity index (χ4v) is 3.51. The quantitative estimate of drug-likeness (QED) is 0.623. The van der Waals surface area contributed by atoms with Crippen molar-refractivity contribution in [2.45, 2.75) is 13.8 Å². The number of carbonyl (C=O) groups is 2. The van der Waals surface area contributed by atoms with Crippen molar-refractivity contribution in [1.82, 2.24) is 9.47 Å². The summed E-state index contributed by atoms with van der Waals surface area (Å²) in [6.07, 6.45) is 5.40. The highest BCUT2D eigenvalue weighted by molar-refractivity contribution is 6.00. The molecule has 2 amide bonds. The number of carbonyl (C=O) groups excluding carboxylic acids is 2. The van der Waals surface area contributed by atoms with Crippen LogP contribution in [0.25, 0.3) is 5.69 Å². The maximum atomic E-state index is 13.1. The lowest BCUT2D eigenvalue weighted by Gasteiger charge is -2.17. The number of hydrogen-bond acceptors (Lipinski definition) is 3. The zero-order valence-electron chi connectivity index (χ0n) is 18.1. The lowest BCUT2D eigenvalue weighted by molar-refractivity contribution is -0.116. The highest BCUT2D eigenvalue weighted by atomic mass is 16.5. The molecule has 6 heteroatoms. The summed E-state index contributed by atoms with van der Waals surface area (Å²) >= 11 is 0. The molecule has 3 rings (SSSR count). The van der Waals surface area contributed by atoms with Crippen LogP contribution in [0.5, 0.6) is 5.75 Å². The maximum absolute atomic E-state index is 13.1. The van der Waals surface area contributed by atoms with E-state index in [0.717, 1.165) is 22.8 Å². The minimum absolute atomic E-state index is 0.0814. The number of nitrogens with one attached hydrogen (secondary N) is 1. The average Bonchev–Trinajstić information content (AvgIpc) is 3.06. The van der Waals surface area contributed by atoms with E-state index in [1.165, 1.54) is 4.90 Å². The first-order chi connectivity index (χ1) is 14.8. The Bertz CT molecular complexity index is 1170. The van der Waals surface area contributed by atoms with E-state index in [0.29, 0.717) is 16.8 Å². The van der Waals surface area contributed by atoms with Crippen molar-refractivity contribution < 1.29 is 14.3 Å². The second-order valence-electron chi connectivity index (χ2n) is 7.26. The molecule has 3 aromatic rings. The van der Waals surface area contributed by atoms with Crippen molar-refractivity contribution in [3.8, 4) is 23.8 Å². The predicted octanol–water partition coefficient (Wildman–Crippen LogP) is 3.79. The molecule has 158 valence electrons. The van der Waals surface area contributed by atoms with Crippen molar-refractivity contribution in [2.75, 3.05) is 26.0 Å². The van der Waals surface area contributed by atoms with Gasteiger partial charge in [0, 0.05) is 41.4 Å². The van der Waals surface area contributed by atoms with Crippen LogP contribution in [0.15, 0.2) is 54.6 Å². The Morgan fingerprint density at radius 3 is 2.58 bits per heavy atom. The van der Waals surface area contributed by atoms with Gasteiger partial charge >= 0.3 is 0 Å². The molecule has 0 fully saturated rings. The molecular weight excluding hydrogens is 390 g/mol. The molecule has 1 N–H and O–H groups in total. The summed E-state index contributed by atoms with van der Waals surface area (Å²) in [6, 6.07) is 16.5. The smallest absolute Gasteiger partial charge is 0.255 e. The Hall–Kier alpha value is -3.98. The molecule has 1 heterocycles. The molecule has 2 aromatic carbocycles. The number of hydrogen-bond donors (Lipinski definition) is 1. The summed E-state index contributed by atoms with van der Waals surface area (Å²) in [6.45, 7) is 3.75. The highest BCUT2D eigenvalue weighted by Crippen LogP contribution is 2.24. The number of benzene rings is 2. The number of ether oxygens (including phenoxy) is 1. The molecule has 6 nitrogen and oxygen atoms in total. The normalized spacial score (nSPS) is 10.3. The monoisotopic (exact) mass is 415 g/mol. The van der Waals surface area contributed by atoms with E-state index in [-0.39, 0.29) is 18.4 Å². The van der Waals surface area contributed by atoms with Crippen LogP contribution >= 0.6 is 0 Å². The van der Waals surface area contributed by atoms with E-state index < -0.39 is 0 Å². The number of anilines is 1. The van der Waals surface area contributed by atoms with Crippen LogP contribution in [0.2, 0.25) is 0 Å². The molecule has 0 saturated carbocycles. The molecule has 0 aliphatic rings. The van der Waals surface area contributed by atoms with Crippen LogP contribution in [0.1, 0.15) is 27.3 Å². The van der Waals surface area contributed by atoms with Gasteiger partial charge in [-0.05, 0) is 50.2 Å². The summed E-state index contributed by atoms with van der Waals surface area (Å²) in [4.78, 5) is 26.9. The van der Waals surface area contributed by atoms with E-state index >= 15 is 0 Å². The van der Waals surface area contributed by atoms with E-state index in [1.807, 2.05) is 48.7 Å². The molecule has 0 unspecified atom stereocenters. The first kappa shape index (κ1) is 21.7. The van der Waals surface area contributed by atoms with Crippen LogP contribution in [0.4, 0.5) is 5.69 Å². The molecule has 0 aliphatic heterocycles. The number of amides is 2. The third kappa shape index (κ3) is 4.78. The van der Waals surface area contributed by atoms with Crippen LogP contribution in [0, 0.1) is 26.2 Å². The second kappa shape index (κ2) is 9.23. The minimum atomic E-state index is -0.299. The third-order valence-corrected chi connectivity index (χ3v) is 5.01. The van der Waals surface area contributed by atoms with E-state index in [2.05, 4.69) is 11.2 Å². The Morgan fingerprint density at radius 1 is 1.13 bits per heavy atom. The second-order valence-corrected chi connectivity index (χ2v) is 7.26. The van der Waals surface area contributed by atoms with Gasteiger partial charge in [0.05, 0.1) is 19.2 Å². The van der Waals surface area contributed by atoms with Gasteiger partial charge in [-0.1, -0.05) is 18.1 Å². The van der Waals surface area contributed by atoms with Gasteiger partial charge in [0.25, 0.3) is 5.91 Å². The van der Waals surface area contributed by atoms with Gasteiger partial charge in [0.15, 0.2) is 0 Å². The van der Waals surface area contributed by atoms with Crippen LogP contribution < -0.4 is 10.1 Å². The van der Waals surface area contributed by atoms with Gasteiger partial charge in [-0.25, -0.2) is 0 Å². The van der Waals surface area contributed by atoms with Crippen LogP contribution in [0.3, 0.4) is 0 Å². The SMILES string of the molecule is C#Cc1cccc(NC(=O)CN(C)C(=O)c2cc(C)n(-c3cccc(OC)c3)c2C)c1. The lowest BCUT2D eigenvalue weighted by Crippen LogP contribution is -2.35. The average molecular weight is 415 g/mol.